The summed E-state index contributed by atoms with van der Waals surface area (Å²) in [4.78, 5) is 24.7. The molecule has 0 fully saturated rings. The predicted octanol–water partition coefficient (Wildman–Crippen LogP) is 3.75. The van der Waals surface area contributed by atoms with E-state index in [-0.39, 0.29) is 19.1 Å². The van der Waals surface area contributed by atoms with Gasteiger partial charge in [-0.15, -0.1) is 0 Å². The molecule has 1 amide bonds. The maximum Gasteiger partial charge on any atom is 0.407 e. The lowest BCUT2D eigenvalue weighted by molar-refractivity contribution is -0.145. The molecule has 1 atom stereocenters. The number of rotatable bonds is 10. The summed E-state index contributed by atoms with van der Waals surface area (Å²) in [5.41, 5.74) is 10.1. The van der Waals surface area contributed by atoms with Crippen molar-refractivity contribution in [2.45, 2.75) is 31.2 Å². The van der Waals surface area contributed by atoms with Crippen LogP contribution in [-0.4, -0.2) is 37.9 Å². The number of benzene rings is 2. The standard InChI is InChI=1S/C24H28N2O4/c1-2-15-29-23(27)22(13-7-8-14-25)26-24(28)30-16-21-19-11-5-3-9-17(19)18-10-4-6-12-20(18)21/h2-6,9-12,21-22H,1,7-8,13-16,25H2,(H,26,28)/t22-/m0/s1. The summed E-state index contributed by atoms with van der Waals surface area (Å²) in [5.74, 6) is -0.535. The smallest absolute Gasteiger partial charge is 0.407 e. The van der Waals surface area contributed by atoms with E-state index in [4.69, 9.17) is 15.2 Å². The second-order valence-electron chi connectivity index (χ2n) is 7.23. The fourth-order valence-corrected chi connectivity index (χ4v) is 3.77. The lowest BCUT2D eigenvalue weighted by Crippen LogP contribution is -2.42. The molecule has 0 bridgehead atoms. The highest BCUT2D eigenvalue weighted by Gasteiger charge is 2.29. The molecule has 0 radical (unpaired) electrons. The molecule has 0 heterocycles. The topological polar surface area (TPSA) is 90.6 Å². The van der Waals surface area contributed by atoms with E-state index in [1.165, 1.54) is 6.08 Å². The fourth-order valence-electron chi connectivity index (χ4n) is 3.77. The van der Waals surface area contributed by atoms with E-state index in [1.807, 2.05) is 24.3 Å². The first-order valence-corrected chi connectivity index (χ1v) is 10.2. The first kappa shape index (κ1) is 21.6. The van der Waals surface area contributed by atoms with Gasteiger partial charge in [-0.25, -0.2) is 9.59 Å². The number of esters is 1. The van der Waals surface area contributed by atoms with Crippen LogP contribution in [0.1, 0.15) is 36.3 Å². The Bertz CT molecular complexity index is 851. The van der Waals surface area contributed by atoms with Crippen LogP contribution in [-0.2, 0) is 14.3 Å². The molecule has 2 aromatic carbocycles. The van der Waals surface area contributed by atoms with Gasteiger partial charge in [0.15, 0.2) is 0 Å². The highest BCUT2D eigenvalue weighted by Crippen LogP contribution is 2.44. The summed E-state index contributed by atoms with van der Waals surface area (Å²) in [6.45, 7) is 4.35. The lowest BCUT2D eigenvalue weighted by Gasteiger charge is -2.19. The van der Waals surface area contributed by atoms with Gasteiger partial charge >= 0.3 is 12.1 Å². The SMILES string of the molecule is C=CCOC(=O)[C@H](CCCCN)NC(=O)OCC1c2ccccc2-c2ccccc21. The molecule has 1 aliphatic rings. The van der Waals surface area contributed by atoms with Crippen LogP contribution < -0.4 is 11.1 Å². The summed E-state index contributed by atoms with van der Waals surface area (Å²) in [6.07, 6.45) is 2.76. The van der Waals surface area contributed by atoms with E-state index < -0.39 is 18.1 Å². The molecule has 158 valence electrons. The number of ether oxygens (including phenoxy) is 2. The van der Waals surface area contributed by atoms with E-state index in [2.05, 4.69) is 36.2 Å². The van der Waals surface area contributed by atoms with Crippen LogP contribution in [0.2, 0.25) is 0 Å². The zero-order valence-corrected chi connectivity index (χ0v) is 17.0. The summed E-state index contributed by atoms with van der Waals surface area (Å²) in [7, 11) is 0. The average molecular weight is 408 g/mol. The van der Waals surface area contributed by atoms with Gasteiger partial charge in [0, 0.05) is 5.92 Å². The van der Waals surface area contributed by atoms with E-state index in [1.54, 1.807) is 0 Å². The summed E-state index contributed by atoms with van der Waals surface area (Å²) >= 11 is 0. The number of alkyl carbamates (subject to hydrolysis) is 1. The first-order chi connectivity index (χ1) is 14.7. The van der Waals surface area contributed by atoms with Crippen molar-refractivity contribution in [1.29, 1.82) is 0 Å². The molecule has 0 aromatic heterocycles. The highest BCUT2D eigenvalue weighted by atomic mass is 16.6. The van der Waals surface area contributed by atoms with Crippen molar-refractivity contribution in [1.82, 2.24) is 5.32 Å². The minimum absolute atomic E-state index is 0.0356. The predicted molar refractivity (Wildman–Crippen MR) is 116 cm³/mol. The first-order valence-electron chi connectivity index (χ1n) is 10.2. The van der Waals surface area contributed by atoms with Crippen molar-refractivity contribution in [2.75, 3.05) is 19.8 Å². The zero-order valence-electron chi connectivity index (χ0n) is 17.0. The average Bonchev–Trinajstić information content (AvgIpc) is 3.09. The Morgan fingerprint density at radius 2 is 1.67 bits per heavy atom. The van der Waals surface area contributed by atoms with Crippen molar-refractivity contribution in [2.24, 2.45) is 5.73 Å². The third-order valence-corrected chi connectivity index (χ3v) is 5.21. The van der Waals surface area contributed by atoms with Crippen LogP contribution in [0.5, 0.6) is 0 Å². The van der Waals surface area contributed by atoms with E-state index in [9.17, 15) is 9.59 Å². The number of nitrogens with two attached hydrogens (primary N) is 1. The Hall–Kier alpha value is -3.12. The highest BCUT2D eigenvalue weighted by molar-refractivity contribution is 5.82. The van der Waals surface area contributed by atoms with Gasteiger partial charge in [-0.2, -0.15) is 0 Å². The number of fused-ring (bicyclic) bond motifs is 3. The Balaban J connectivity index is 1.63. The van der Waals surface area contributed by atoms with Crippen LogP contribution in [0.25, 0.3) is 11.1 Å². The molecule has 1 aliphatic carbocycles. The van der Waals surface area contributed by atoms with Crippen molar-refractivity contribution < 1.29 is 19.1 Å². The molecule has 0 saturated carbocycles. The molecule has 6 nitrogen and oxygen atoms in total. The van der Waals surface area contributed by atoms with Crippen molar-refractivity contribution in [3.05, 3.63) is 72.3 Å². The van der Waals surface area contributed by atoms with Gasteiger partial charge in [0.1, 0.15) is 19.3 Å². The number of carbonyl (C=O) groups is 2. The Labute approximate surface area is 177 Å². The van der Waals surface area contributed by atoms with E-state index >= 15 is 0 Å². The normalized spacial score (nSPS) is 13.1. The molecular weight excluding hydrogens is 380 g/mol. The van der Waals surface area contributed by atoms with E-state index in [0.29, 0.717) is 19.4 Å². The van der Waals surface area contributed by atoms with Crippen molar-refractivity contribution >= 4 is 12.1 Å². The minimum atomic E-state index is -0.771. The minimum Gasteiger partial charge on any atom is -0.460 e. The summed E-state index contributed by atoms with van der Waals surface area (Å²) in [5, 5.41) is 2.65. The molecule has 0 unspecified atom stereocenters. The third kappa shape index (κ3) is 5.07. The molecular formula is C24H28N2O4. The number of hydrogen-bond acceptors (Lipinski definition) is 5. The Morgan fingerprint density at radius 3 is 2.27 bits per heavy atom. The largest absolute Gasteiger partial charge is 0.460 e. The van der Waals surface area contributed by atoms with Gasteiger partial charge < -0.3 is 20.5 Å². The number of hydrogen-bond donors (Lipinski definition) is 2. The van der Waals surface area contributed by atoms with Gasteiger partial charge in [-0.1, -0.05) is 61.2 Å². The quantitative estimate of drug-likeness (QED) is 0.355. The van der Waals surface area contributed by atoms with Crippen LogP contribution in [0.4, 0.5) is 4.79 Å². The van der Waals surface area contributed by atoms with Crippen LogP contribution >= 0.6 is 0 Å². The van der Waals surface area contributed by atoms with Crippen molar-refractivity contribution in [3.63, 3.8) is 0 Å². The lowest BCUT2D eigenvalue weighted by atomic mass is 9.98. The van der Waals surface area contributed by atoms with Crippen LogP contribution in [0.15, 0.2) is 61.2 Å². The van der Waals surface area contributed by atoms with Crippen LogP contribution in [0.3, 0.4) is 0 Å². The molecule has 2 aromatic rings. The van der Waals surface area contributed by atoms with Gasteiger partial charge in [0.05, 0.1) is 0 Å². The molecule has 3 rings (SSSR count). The maximum absolute atomic E-state index is 12.5. The second-order valence-corrected chi connectivity index (χ2v) is 7.23. The van der Waals surface area contributed by atoms with Gasteiger partial charge in [0.2, 0.25) is 0 Å². The van der Waals surface area contributed by atoms with Gasteiger partial charge in [-0.05, 0) is 48.1 Å². The maximum atomic E-state index is 12.5. The second kappa shape index (κ2) is 10.6. The van der Waals surface area contributed by atoms with Crippen LogP contribution in [0, 0.1) is 0 Å². The fraction of sp³-hybridized carbons (Fsp3) is 0.333. The molecule has 0 spiro atoms. The Kier molecular flexibility index (Phi) is 7.63. The molecule has 3 N–H and O–H groups in total. The number of amides is 1. The third-order valence-electron chi connectivity index (χ3n) is 5.21. The van der Waals surface area contributed by atoms with Gasteiger partial charge in [-0.3, -0.25) is 0 Å². The number of carbonyl (C=O) groups excluding carboxylic acids is 2. The monoisotopic (exact) mass is 408 g/mol. The number of unbranched alkanes of at least 4 members (excludes halogenated alkanes) is 1. The summed E-state index contributed by atoms with van der Waals surface area (Å²) < 4.78 is 10.6. The van der Waals surface area contributed by atoms with E-state index in [0.717, 1.165) is 28.7 Å². The van der Waals surface area contributed by atoms with Gasteiger partial charge in [0.25, 0.3) is 0 Å². The molecule has 6 heteroatoms. The molecule has 0 aliphatic heterocycles. The Morgan fingerprint density at radius 1 is 1.03 bits per heavy atom. The molecule has 30 heavy (non-hydrogen) atoms. The zero-order chi connectivity index (χ0) is 21.3. The summed E-state index contributed by atoms with van der Waals surface area (Å²) in [6, 6.07) is 15.5. The van der Waals surface area contributed by atoms with Crippen molar-refractivity contribution in [3.8, 4) is 11.1 Å². The number of nitrogens with one attached hydrogen (secondary N) is 1. The molecule has 0 saturated heterocycles.